The van der Waals surface area contributed by atoms with Gasteiger partial charge in [0.25, 0.3) is 0 Å². The molecule has 7 nitrogen and oxygen atoms in total. The normalized spacial score (nSPS) is 13.4. The van der Waals surface area contributed by atoms with Gasteiger partial charge in [0.2, 0.25) is 5.16 Å². The second-order valence-corrected chi connectivity index (χ2v) is 8.19. The standard InChI is InChI=1S/C21H17ClN6OS/c1-29-15-9-7-14(8-10-15)28-20(16-4-2-3-11-23-16)26-27-21(28)30-18-12-17(22)24-19(25-18)13-5-6-13/h2-4,7-13H,5-6H2,1H3. The molecule has 0 amide bonds. The minimum atomic E-state index is 0.409. The minimum absolute atomic E-state index is 0.409. The van der Waals surface area contributed by atoms with Crippen LogP contribution in [0.1, 0.15) is 24.6 Å². The van der Waals surface area contributed by atoms with E-state index in [1.54, 1.807) is 19.4 Å². The van der Waals surface area contributed by atoms with E-state index in [1.807, 2.05) is 47.0 Å². The smallest absolute Gasteiger partial charge is 0.202 e. The van der Waals surface area contributed by atoms with Gasteiger partial charge in [0, 0.05) is 18.2 Å². The van der Waals surface area contributed by atoms with Gasteiger partial charge in [0.15, 0.2) is 5.82 Å². The molecule has 3 heterocycles. The number of nitrogens with zero attached hydrogens (tertiary/aromatic N) is 6. The molecule has 1 aromatic carbocycles. The van der Waals surface area contributed by atoms with Crippen LogP contribution in [0.4, 0.5) is 0 Å². The molecular weight excluding hydrogens is 420 g/mol. The van der Waals surface area contributed by atoms with Gasteiger partial charge in [0.1, 0.15) is 27.4 Å². The van der Waals surface area contributed by atoms with Crippen LogP contribution in [0.25, 0.3) is 17.2 Å². The first-order chi connectivity index (χ1) is 14.7. The lowest BCUT2D eigenvalue weighted by molar-refractivity contribution is 0.414. The molecule has 0 N–H and O–H groups in total. The molecule has 0 radical (unpaired) electrons. The van der Waals surface area contributed by atoms with Crippen LogP contribution in [0.2, 0.25) is 5.15 Å². The topological polar surface area (TPSA) is 78.6 Å². The Hall–Kier alpha value is -2.97. The Kier molecular flexibility index (Phi) is 5.10. The number of hydrogen-bond acceptors (Lipinski definition) is 7. The summed E-state index contributed by atoms with van der Waals surface area (Å²) in [7, 11) is 1.64. The number of aromatic nitrogens is 6. The second-order valence-electron chi connectivity index (χ2n) is 6.82. The van der Waals surface area contributed by atoms with E-state index in [2.05, 4.69) is 25.1 Å². The molecule has 9 heteroatoms. The summed E-state index contributed by atoms with van der Waals surface area (Å²) in [6.45, 7) is 0. The molecule has 0 saturated heterocycles. The van der Waals surface area contributed by atoms with Gasteiger partial charge in [-0.1, -0.05) is 17.7 Å². The Bertz CT molecular complexity index is 1180. The number of halogens is 1. The van der Waals surface area contributed by atoms with E-state index >= 15 is 0 Å². The Morgan fingerprint density at radius 1 is 1.07 bits per heavy atom. The summed E-state index contributed by atoms with van der Waals surface area (Å²) in [5.41, 5.74) is 1.62. The molecule has 0 spiro atoms. The van der Waals surface area contributed by atoms with Crippen LogP contribution in [0.5, 0.6) is 5.75 Å². The van der Waals surface area contributed by atoms with Gasteiger partial charge >= 0.3 is 0 Å². The molecule has 0 bridgehead atoms. The number of pyridine rings is 1. The highest BCUT2D eigenvalue weighted by atomic mass is 35.5. The van der Waals surface area contributed by atoms with E-state index in [-0.39, 0.29) is 0 Å². The average Bonchev–Trinajstić information content (AvgIpc) is 3.55. The van der Waals surface area contributed by atoms with Crippen molar-refractivity contribution >= 4 is 23.4 Å². The zero-order valence-corrected chi connectivity index (χ0v) is 17.6. The Morgan fingerprint density at radius 3 is 2.60 bits per heavy atom. The largest absolute Gasteiger partial charge is 0.497 e. The van der Waals surface area contributed by atoms with Crippen molar-refractivity contribution in [1.29, 1.82) is 0 Å². The van der Waals surface area contributed by atoms with Crippen molar-refractivity contribution < 1.29 is 4.74 Å². The van der Waals surface area contributed by atoms with Crippen LogP contribution in [0.15, 0.2) is 64.9 Å². The van der Waals surface area contributed by atoms with Crippen molar-refractivity contribution in [3.05, 3.63) is 65.7 Å². The lowest BCUT2D eigenvalue weighted by Crippen LogP contribution is -2.01. The highest BCUT2D eigenvalue weighted by Crippen LogP contribution is 2.40. The fourth-order valence-corrected chi connectivity index (χ4v) is 4.16. The third kappa shape index (κ3) is 3.88. The van der Waals surface area contributed by atoms with Crippen LogP contribution in [0, 0.1) is 0 Å². The molecule has 1 saturated carbocycles. The van der Waals surface area contributed by atoms with Crippen molar-refractivity contribution in [2.45, 2.75) is 28.9 Å². The maximum Gasteiger partial charge on any atom is 0.202 e. The quantitative estimate of drug-likeness (QED) is 0.401. The predicted molar refractivity (Wildman–Crippen MR) is 114 cm³/mol. The first-order valence-corrected chi connectivity index (χ1v) is 10.6. The second kappa shape index (κ2) is 8.04. The van der Waals surface area contributed by atoms with Gasteiger partial charge in [-0.25, -0.2) is 9.97 Å². The Morgan fingerprint density at radius 2 is 1.90 bits per heavy atom. The first kappa shape index (κ1) is 19.0. The van der Waals surface area contributed by atoms with E-state index in [9.17, 15) is 0 Å². The lowest BCUT2D eigenvalue weighted by Gasteiger charge is -2.11. The van der Waals surface area contributed by atoms with Gasteiger partial charge in [0.05, 0.1) is 12.8 Å². The first-order valence-electron chi connectivity index (χ1n) is 9.45. The van der Waals surface area contributed by atoms with E-state index in [1.165, 1.54) is 11.8 Å². The number of rotatable bonds is 6. The summed E-state index contributed by atoms with van der Waals surface area (Å²) >= 11 is 7.65. The Labute approximate surface area is 182 Å². The molecular formula is C21H17ClN6OS. The molecule has 30 heavy (non-hydrogen) atoms. The van der Waals surface area contributed by atoms with Crippen molar-refractivity contribution in [2.75, 3.05) is 7.11 Å². The maximum absolute atomic E-state index is 6.25. The third-order valence-corrected chi connectivity index (χ3v) is 5.74. The number of methoxy groups -OCH3 is 1. The molecule has 3 aromatic heterocycles. The van der Waals surface area contributed by atoms with Crippen LogP contribution in [0.3, 0.4) is 0 Å². The summed E-state index contributed by atoms with van der Waals surface area (Å²) < 4.78 is 7.25. The summed E-state index contributed by atoms with van der Waals surface area (Å²) in [6, 6.07) is 15.2. The molecule has 0 unspecified atom stereocenters. The minimum Gasteiger partial charge on any atom is -0.497 e. The summed E-state index contributed by atoms with van der Waals surface area (Å²) in [4.78, 5) is 13.5. The predicted octanol–water partition coefficient (Wildman–Crippen LogP) is 4.81. The summed E-state index contributed by atoms with van der Waals surface area (Å²) in [5.74, 6) is 2.62. The van der Waals surface area contributed by atoms with Crippen LogP contribution < -0.4 is 4.74 Å². The van der Waals surface area contributed by atoms with Crippen molar-refractivity contribution in [3.63, 3.8) is 0 Å². The highest BCUT2D eigenvalue weighted by molar-refractivity contribution is 7.99. The molecule has 1 aliphatic rings. The van der Waals surface area contributed by atoms with Gasteiger partial charge in [-0.2, -0.15) is 0 Å². The van der Waals surface area contributed by atoms with Crippen LogP contribution in [-0.2, 0) is 0 Å². The molecule has 1 fully saturated rings. The van der Waals surface area contributed by atoms with Crippen molar-refractivity contribution in [2.24, 2.45) is 0 Å². The fraction of sp³-hybridized carbons (Fsp3) is 0.190. The zero-order chi connectivity index (χ0) is 20.5. The lowest BCUT2D eigenvalue weighted by atomic mass is 10.3. The SMILES string of the molecule is COc1ccc(-n2c(Sc3cc(Cl)nc(C4CC4)n3)nnc2-c2ccccn2)cc1. The molecule has 0 atom stereocenters. The maximum atomic E-state index is 6.25. The van der Waals surface area contributed by atoms with Crippen LogP contribution in [-0.4, -0.2) is 36.8 Å². The van der Waals surface area contributed by atoms with Crippen LogP contribution >= 0.6 is 23.4 Å². The fourth-order valence-electron chi connectivity index (χ4n) is 3.04. The monoisotopic (exact) mass is 436 g/mol. The van der Waals surface area contributed by atoms with E-state index in [0.717, 1.165) is 40.8 Å². The zero-order valence-electron chi connectivity index (χ0n) is 16.1. The van der Waals surface area contributed by atoms with Crippen molar-refractivity contribution in [1.82, 2.24) is 29.7 Å². The number of ether oxygens (including phenoxy) is 1. The molecule has 150 valence electrons. The van der Waals surface area contributed by atoms with Gasteiger partial charge in [-0.15, -0.1) is 10.2 Å². The summed E-state index contributed by atoms with van der Waals surface area (Å²) in [5, 5.41) is 10.7. The van der Waals surface area contributed by atoms with E-state index in [0.29, 0.717) is 22.1 Å². The van der Waals surface area contributed by atoms with E-state index < -0.39 is 0 Å². The van der Waals surface area contributed by atoms with E-state index in [4.69, 9.17) is 16.3 Å². The number of benzene rings is 1. The Balaban J connectivity index is 1.59. The van der Waals surface area contributed by atoms with Gasteiger partial charge < -0.3 is 4.74 Å². The summed E-state index contributed by atoms with van der Waals surface area (Å²) in [6.07, 6.45) is 3.95. The molecule has 0 aliphatic heterocycles. The van der Waals surface area contributed by atoms with Gasteiger partial charge in [-0.3, -0.25) is 9.55 Å². The highest BCUT2D eigenvalue weighted by Gasteiger charge is 2.28. The van der Waals surface area contributed by atoms with Crippen molar-refractivity contribution in [3.8, 4) is 23.0 Å². The third-order valence-electron chi connectivity index (χ3n) is 4.69. The molecule has 4 aromatic rings. The molecule has 5 rings (SSSR count). The average molecular weight is 437 g/mol. The number of hydrogen-bond donors (Lipinski definition) is 0. The molecule has 1 aliphatic carbocycles. The van der Waals surface area contributed by atoms with Gasteiger partial charge in [-0.05, 0) is 61.0 Å².